The summed E-state index contributed by atoms with van der Waals surface area (Å²) in [6.07, 6.45) is 0. The minimum absolute atomic E-state index is 0.461. The van der Waals surface area contributed by atoms with Gasteiger partial charge in [-0.25, -0.2) is 0 Å². The fourth-order valence-corrected chi connectivity index (χ4v) is 2.19. The number of aryl methyl sites for hydroxylation is 1. The van der Waals surface area contributed by atoms with Crippen LogP contribution in [-0.4, -0.2) is 13.2 Å². The van der Waals surface area contributed by atoms with Crippen molar-refractivity contribution in [3.05, 3.63) is 59.2 Å². The van der Waals surface area contributed by atoms with Crippen LogP contribution in [0.25, 0.3) is 0 Å². The van der Waals surface area contributed by atoms with Gasteiger partial charge in [-0.1, -0.05) is 44.2 Å². The molecule has 2 aromatic rings. The quantitative estimate of drug-likeness (QED) is 0.835. The molecule has 0 amide bonds. The van der Waals surface area contributed by atoms with E-state index in [0.29, 0.717) is 12.6 Å². The molecule has 0 saturated carbocycles. The van der Waals surface area contributed by atoms with E-state index in [4.69, 9.17) is 9.47 Å². The van der Waals surface area contributed by atoms with Crippen LogP contribution in [0, 0.1) is 6.92 Å². The van der Waals surface area contributed by atoms with Crippen molar-refractivity contribution in [2.45, 2.75) is 40.0 Å². The van der Waals surface area contributed by atoms with Crippen LogP contribution in [0.15, 0.2) is 42.5 Å². The Kier molecular flexibility index (Phi) is 5.84. The molecule has 0 aliphatic carbocycles. The van der Waals surface area contributed by atoms with Gasteiger partial charge < -0.3 is 14.8 Å². The Hall–Kier alpha value is -2.00. The largest absolute Gasteiger partial charge is 0.493 e. The van der Waals surface area contributed by atoms with Gasteiger partial charge in [-0.05, 0) is 35.7 Å². The van der Waals surface area contributed by atoms with Crippen molar-refractivity contribution < 1.29 is 9.47 Å². The summed E-state index contributed by atoms with van der Waals surface area (Å²) >= 11 is 0. The van der Waals surface area contributed by atoms with Crippen molar-refractivity contribution >= 4 is 0 Å². The summed E-state index contributed by atoms with van der Waals surface area (Å²) in [5.41, 5.74) is 3.61. The summed E-state index contributed by atoms with van der Waals surface area (Å²) in [4.78, 5) is 0. The van der Waals surface area contributed by atoms with E-state index in [2.05, 4.69) is 44.3 Å². The summed E-state index contributed by atoms with van der Waals surface area (Å²) in [6.45, 7) is 7.74. The summed E-state index contributed by atoms with van der Waals surface area (Å²) < 4.78 is 11.4. The van der Waals surface area contributed by atoms with Crippen LogP contribution in [0.2, 0.25) is 0 Å². The molecule has 0 aliphatic heterocycles. The average molecular weight is 299 g/mol. The molecule has 0 unspecified atom stereocenters. The van der Waals surface area contributed by atoms with Gasteiger partial charge in [0.1, 0.15) is 6.61 Å². The zero-order chi connectivity index (χ0) is 15.9. The van der Waals surface area contributed by atoms with E-state index in [1.165, 1.54) is 16.7 Å². The number of nitrogens with one attached hydrogen (secondary N) is 1. The predicted molar refractivity (Wildman–Crippen MR) is 90.5 cm³/mol. The SMILES string of the molecule is COc1cc(CNC(C)C)ccc1OCc1ccccc1C. The van der Waals surface area contributed by atoms with Gasteiger partial charge in [0, 0.05) is 12.6 Å². The maximum absolute atomic E-state index is 5.93. The Morgan fingerprint density at radius 3 is 2.50 bits per heavy atom. The normalized spacial score (nSPS) is 10.8. The van der Waals surface area contributed by atoms with Crippen LogP contribution in [0.4, 0.5) is 0 Å². The van der Waals surface area contributed by atoms with E-state index in [1.54, 1.807) is 7.11 Å². The Morgan fingerprint density at radius 2 is 1.82 bits per heavy atom. The van der Waals surface area contributed by atoms with Gasteiger partial charge in [0.15, 0.2) is 11.5 Å². The Labute approximate surface area is 133 Å². The number of hydrogen-bond acceptors (Lipinski definition) is 3. The summed E-state index contributed by atoms with van der Waals surface area (Å²) in [6, 6.07) is 14.8. The van der Waals surface area contributed by atoms with E-state index in [0.717, 1.165) is 18.0 Å². The average Bonchev–Trinajstić information content (AvgIpc) is 2.52. The number of methoxy groups -OCH3 is 1. The molecule has 0 aliphatic rings. The molecular weight excluding hydrogens is 274 g/mol. The van der Waals surface area contributed by atoms with Crippen molar-refractivity contribution in [1.29, 1.82) is 0 Å². The van der Waals surface area contributed by atoms with Gasteiger partial charge in [-0.3, -0.25) is 0 Å². The Balaban J connectivity index is 2.06. The Morgan fingerprint density at radius 1 is 1.05 bits per heavy atom. The van der Waals surface area contributed by atoms with Gasteiger partial charge in [0.25, 0.3) is 0 Å². The molecule has 0 atom stereocenters. The van der Waals surface area contributed by atoms with Crippen LogP contribution in [0.1, 0.15) is 30.5 Å². The van der Waals surface area contributed by atoms with E-state index >= 15 is 0 Å². The number of rotatable bonds is 7. The van der Waals surface area contributed by atoms with E-state index in [-0.39, 0.29) is 0 Å². The molecule has 3 nitrogen and oxygen atoms in total. The molecule has 0 saturated heterocycles. The molecule has 0 heterocycles. The standard InChI is InChI=1S/C19H25NO2/c1-14(2)20-12-16-9-10-18(19(11-16)21-4)22-13-17-8-6-5-7-15(17)3/h5-11,14,20H,12-13H2,1-4H3. The van der Waals surface area contributed by atoms with Crippen molar-refractivity contribution in [1.82, 2.24) is 5.32 Å². The second-order valence-electron chi connectivity index (χ2n) is 5.74. The number of benzene rings is 2. The third-order valence-electron chi connectivity index (χ3n) is 3.59. The van der Waals surface area contributed by atoms with Crippen molar-refractivity contribution in [2.75, 3.05) is 7.11 Å². The van der Waals surface area contributed by atoms with Crippen LogP contribution in [0.3, 0.4) is 0 Å². The molecule has 22 heavy (non-hydrogen) atoms. The third-order valence-corrected chi connectivity index (χ3v) is 3.59. The van der Waals surface area contributed by atoms with Gasteiger partial charge in [0.2, 0.25) is 0 Å². The molecule has 118 valence electrons. The molecule has 0 aromatic heterocycles. The topological polar surface area (TPSA) is 30.5 Å². The first-order chi connectivity index (χ1) is 10.6. The van der Waals surface area contributed by atoms with Gasteiger partial charge in [-0.2, -0.15) is 0 Å². The zero-order valence-corrected chi connectivity index (χ0v) is 13.8. The monoisotopic (exact) mass is 299 g/mol. The number of ether oxygens (including phenoxy) is 2. The lowest BCUT2D eigenvalue weighted by atomic mass is 10.1. The summed E-state index contributed by atoms with van der Waals surface area (Å²) in [7, 11) is 1.68. The summed E-state index contributed by atoms with van der Waals surface area (Å²) in [5, 5.41) is 3.40. The molecule has 1 N–H and O–H groups in total. The predicted octanol–water partition coefficient (Wildman–Crippen LogP) is 4.08. The highest BCUT2D eigenvalue weighted by Gasteiger charge is 2.07. The van der Waals surface area contributed by atoms with Gasteiger partial charge in [0.05, 0.1) is 7.11 Å². The summed E-state index contributed by atoms with van der Waals surface area (Å²) in [5.74, 6) is 1.55. The van der Waals surface area contributed by atoms with Crippen LogP contribution >= 0.6 is 0 Å². The lowest BCUT2D eigenvalue weighted by Gasteiger charge is -2.14. The molecule has 3 heteroatoms. The number of hydrogen-bond donors (Lipinski definition) is 1. The van der Waals surface area contributed by atoms with Crippen molar-refractivity contribution in [2.24, 2.45) is 0 Å². The van der Waals surface area contributed by atoms with E-state index in [1.807, 2.05) is 24.3 Å². The first kappa shape index (κ1) is 16.4. The van der Waals surface area contributed by atoms with Crippen LogP contribution < -0.4 is 14.8 Å². The molecule has 0 bridgehead atoms. The van der Waals surface area contributed by atoms with Crippen LogP contribution in [-0.2, 0) is 13.2 Å². The maximum atomic E-state index is 5.93. The molecule has 2 aromatic carbocycles. The lowest BCUT2D eigenvalue weighted by Crippen LogP contribution is -2.21. The highest BCUT2D eigenvalue weighted by molar-refractivity contribution is 5.43. The van der Waals surface area contributed by atoms with E-state index < -0.39 is 0 Å². The van der Waals surface area contributed by atoms with Crippen molar-refractivity contribution in [3.8, 4) is 11.5 Å². The molecule has 0 radical (unpaired) electrons. The van der Waals surface area contributed by atoms with Gasteiger partial charge >= 0.3 is 0 Å². The second kappa shape index (κ2) is 7.85. The van der Waals surface area contributed by atoms with Gasteiger partial charge in [-0.15, -0.1) is 0 Å². The Bertz CT molecular complexity index is 608. The fourth-order valence-electron chi connectivity index (χ4n) is 2.19. The molecule has 0 spiro atoms. The molecular formula is C19H25NO2. The highest BCUT2D eigenvalue weighted by atomic mass is 16.5. The minimum atomic E-state index is 0.461. The fraction of sp³-hybridized carbons (Fsp3) is 0.368. The first-order valence-corrected chi connectivity index (χ1v) is 7.67. The van der Waals surface area contributed by atoms with Crippen molar-refractivity contribution in [3.63, 3.8) is 0 Å². The third kappa shape index (κ3) is 4.50. The minimum Gasteiger partial charge on any atom is -0.493 e. The maximum Gasteiger partial charge on any atom is 0.161 e. The smallest absolute Gasteiger partial charge is 0.161 e. The second-order valence-corrected chi connectivity index (χ2v) is 5.74. The first-order valence-electron chi connectivity index (χ1n) is 7.67. The van der Waals surface area contributed by atoms with E-state index in [9.17, 15) is 0 Å². The molecule has 0 fully saturated rings. The lowest BCUT2D eigenvalue weighted by molar-refractivity contribution is 0.283. The highest BCUT2D eigenvalue weighted by Crippen LogP contribution is 2.29. The van der Waals surface area contributed by atoms with Crippen LogP contribution in [0.5, 0.6) is 11.5 Å². The zero-order valence-electron chi connectivity index (χ0n) is 13.8. The molecule has 2 rings (SSSR count).